The van der Waals surface area contributed by atoms with E-state index in [-0.39, 0.29) is 23.0 Å². The van der Waals surface area contributed by atoms with Crippen LogP contribution in [-0.2, 0) is 11.3 Å². The zero-order valence-corrected chi connectivity index (χ0v) is 18.5. The smallest absolute Gasteiger partial charge is 0.274 e. The Morgan fingerprint density at radius 1 is 1.23 bits per heavy atom. The lowest BCUT2D eigenvalue weighted by molar-refractivity contribution is -0.113. The van der Waals surface area contributed by atoms with E-state index in [1.807, 2.05) is 0 Å². The Bertz CT molecular complexity index is 1150. The summed E-state index contributed by atoms with van der Waals surface area (Å²) in [5, 5.41) is 3.95. The van der Waals surface area contributed by atoms with Gasteiger partial charge in [-0.15, -0.1) is 6.58 Å². The number of allylic oxidation sites excluding steroid dienone is 1. The summed E-state index contributed by atoms with van der Waals surface area (Å²) in [5.41, 5.74) is 0.744. The predicted octanol–water partition coefficient (Wildman–Crippen LogP) is 3.90. The van der Waals surface area contributed by atoms with Crippen molar-refractivity contribution in [3.05, 3.63) is 53.1 Å². The number of amides is 1. The molecule has 1 aromatic carbocycles. The molecule has 0 radical (unpaired) electrons. The second kappa shape index (κ2) is 9.61. The summed E-state index contributed by atoms with van der Waals surface area (Å²) in [6.45, 7) is 5.89. The van der Waals surface area contributed by atoms with E-state index in [4.69, 9.17) is 0 Å². The maximum atomic E-state index is 13.1. The molecule has 1 aliphatic rings. The first-order valence-corrected chi connectivity index (χ1v) is 11.8. The van der Waals surface area contributed by atoms with Gasteiger partial charge in [-0.25, -0.2) is 9.37 Å². The van der Waals surface area contributed by atoms with E-state index in [0.717, 1.165) is 42.8 Å². The average Bonchev–Trinajstić information content (AvgIpc) is 3.21. The second-order valence-corrected chi connectivity index (χ2v) is 9.06. The monoisotopic (exact) mass is 459 g/mol. The number of fused-ring (bicyclic) bond motifs is 1. The van der Waals surface area contributed by atoms with Crippen molar-refractivity contribution in [3.8, 4) is 0 Å². The lowest BCUT2D eigenvalue weighted by atomic mass is 10.1. The Morgan fingerprint density at radius 3 is 2.68 bits per heavy atom. The summed E-state index contributed by atoms with van der Waals surface area (Å²) in [6, 6.07) is 5.55. The first kappa shape index (κ1) is 21.5. The predicted molar refractivity (Wildman–Crippen MR) is 124 cm³/mol. The van der Waals surface area contributed by atoms with Gasteiger partial charge in [0.25, 0.3) is 5.56 Å². The molecule has 1 N–H and O–H groups in total. The van der Waals surface area contributed by atoms with Crippen molar-refractivity contribution in [1.29, 1.82) is 0 Å². The van der Waals surface area contributed by atoms with Gasteiger partial charge < -0.3 is 10.2 Å². The van der Waals surface area contributed by atoms with Gasteiger partial charge in [0.2, 0.25) is 5.91 Å². The first-order valence-electron chi connectivity index (χ1n) is 10.0. The molecule has 0 aliphatic carbocycles. The highest BCUT2D eigenvalue weighted by atomic mass is 32.2. The lowest BCUT2D eigenvalue weighted by Gasteiger charge is -2.25. The largest absolute Gasteiger partial charge is 0.348 e. The molecule has 2 aromatic heterocycles. The van der Waals surface area contributed by atoms with Crippen molar-refractivity contribution in [2.45, 2.75) is 31.0 Å². The third kappa shape index (κ3) is 4.96. The van der Waals surface area contributed by atoms with E-state index in [2.05, 4.69) is 26.8 Å². The number of anilines is 2. The molecule has 162 valence electrons. The minimum Gasteiger partial charge on any atom is -0.348 e. The fourth-order valence-corrected chi connectivity index (χ4v) is 5.16. The van der Waals surface area contributed by atoms with Crippen molar-refractivity contribution in [2.24, 2.45) is 0 Å². The summed E-state index contributed by atoms with van der Waals surface area (Å²) in [6.07, 6.45) is 5.08. The van der Waals surface area contributed by atoms with Gasteiger partial charge in [-0.3, -0.25) is 14.2 Å². The van der Waals surface area contributed by atoms with Crippen LogP contribution < -0.4 is 15.8 Å². The van der Waals surface area contributed by atoms with Gasteiger partial charge in [-0.1, -0.05) is 29.2 Å². The van der Waals surface area contributed by atoms with Crippen LogP contribution in [0.2, 0.25) is 0 Å². The van der Waals surface area contributed by atoms with E-state index in [9.17, 15) is 14.0 Å². The van der Waals surface area contributed by atoms with Crippen LogP contribution in [0.4, 0.5) is 15.2 Å². The molecule has 1 aliphatic heterocycles. The Labute approximate surface area is 187 Å². The molecule has 3 heterocycles. The molecule has 1 saturated heterocycles. The summed E-state index contributed by atoms with van der Waals surface area (Å²) in [7, 11) is 0. The molecular formula is C21H22FN5O2S2. The molecule has 3 aromatic rings. The molecule has 10 heteroatoms. The van der Waals surface area contributed by atoms with Crippen LogP contribution >= 0.6 is 23.1 Å². The number of nitrogens with zero attached hydrogens (tertiary/aromatic N) is 4. The number of thiazole rings is 1. The molecular weight excluding hydrogens is 437 g/mol. The zero-order valence-electron chi connectivity index (χ0n) is 16.8. The first-order chi connectivity index (χ1) is 15.0. The van der Waals surface area contributed by atoms with E-state index in [1.54, 1.807) is 6.08 Å². The summed E-state index contributed by atoms with van der Waals surface area (Å²) in [5.74, 6) is -0.593. The van der Waals surface area contributed by atoms with Gasteiger partial charge >= 0.3 is 0 Å². The Balaban J connectivity index is 1.55. The minimum atomic E-state index is -0.370. The second-order valence-electron chi connectivity index (χ2n) is 7.14. The molecule has 0 atom stereocenters. The van der Waals surface area contributed by atoms with Gasteiger partial charge in [0.15, 0.2) is 15.9 Å². The number of carbonyl (C=O) groups is 1. The quantitative estimate of drug-likeness (QED) is 0.328. The third-order valence-corrected chi connectivity index (χ3v) is 6.94. The van der Waals surface area contributed by atoms with Crippen LogP contribution in [0.5, 0.6) is 0 Å². The number of benzene rings is 1. The van der Waals surface area contributed by atoms with Gasteiger partial charge in [-0.05, 0) is 43.5 Å². The van der Waals surface area contributed by atoms with Crippen LogP contribution in [0.3, 0.4) is 0 Å². The van der Waals surface area contributed by atoms with Crippen molar-refractivity contribution in [2.75, 3.05) is 29.1 Å². The van der Waals surface area contributed by atoms with Crippen molar-refractivity contribution in [1.82, 2.24) is 14.5 Å². The molecule has 4 rings (SSSR count). The van der Waals surface area contributed by atoms with Gasteiger partial charge in [-0.2, -0.15) is 4.98 Å². The summed E-state index contributed by atoms with van der Waals surface area (Å²) in [4.78, 5) is 36.8. The summed E-state index contributed by atoms with van der Waals surface area (Å²) < 4.78 is 15.1. The number of nitrogens with one attached hydrogen (secondary N) is 1. The zero-order chi connectivity index (χ0) is 21.8. The van der Waals surface area contributed by atoms with Gasteiger partial charge in [0, 0.05) is 25.3 Å². The molecule has 0 unspecified atom stereocenters. The maximum Gasteiger partial charge on any atom is 0.274 e. The Hall–Kier alpha value is -2.72. The van der Waals surface area contributed by atoms with E-state index >= 15 is 0 Å². The molecule has 1 fully saturated rings. The number of aromatic nitrogens is 3. The fourth-order valence-electron chi connectivity index (χ4n) is 3.36. The van der Waals surface area contributed by atoms with E-state index in [0.29, 0.717) is 27.7 Å². The molecule has 31 heavy (non-hydrogen) atoms. The van der Waals surface area contributed by atoms with E-state index in [1.165, 1.54) is 46.6 Å². The van der Waals surface area contributed by atoms with Crippen molar-refractivity contribution < 1.29 is 9.18 Å². The van der Waals surface area contributed by atoms with Crippen LogP contribution in [0.1, 0.15) is 19.3 Å². The number of hydrogen-bond donors (Lipinski definition) is 1. The van der Waals surface area contributed by atoms with E-state index < -0.39 is 0 Å². The van der Waals surface area contributed by atoms with Crippen LogP contribution in [-0.4, -0.2) is 39.3 Å². The molecule has 1 amide bonds. The third-order valence-electron chi connectivity index (χ3n) is 4.87. The highest BCUT2D eigenvalue weighted by Gasteiger charge is 2.20. The number of rotatable bonds is 7. The number of piperidine rings is 1. The van der Waals surface area contributed by atoms with Gasteiger partial charge in [0.05, 0.1) is 5.75 Å². The lowest BCUT2D eigenvalue weighted by Crippen LogP contribution is -2.29. The number of carbonyl (C=O) groups excluding carboxylic acids is 1. The Morgan fingerprint density at radius 2 is 1.97 bits per heavy atom. The van der Waals surface area contributed by atoms with Crippen molar-refractivity contribution in [3.63, 3.8) is 0 Å². The van der Waals surface area contributed by atoms with Crippen LogP contribution in [0, 0.1) is 5.82 Å². The molecule has 7 nitrogen and oxygen atoms in total. The highest BCUT2D eigenvalue weighted by Crippen LogP contribution is 2.29. The Kier molecular flexibility index (Phi) is 6.67. The topological polar surface area (TPSA) is 80.1 Å². The number of halogens is 1. The standard InChI is InChI=1S/C21H22FN5O2S2/c1-2-10-27-19(29)17-18(24-20(31-17)26-11-4-3-5-12-26)25-21(27)30-13-16(28)23-15-8-6-14(22)7-9-15/h2,6-9H,1,3-5,10-13H2,(H,23,28). The average molecular weight is 460 g/mol. The molecule has 0 spiro atoms. The normalized spacial score (nSPS) is 14.0. The number of hydrogen-bond acceptors (Lipinski definition) is 7. The summed E-state index contributed by atoms with van der Waals surface area (Å²) >= 11 is 2.53. The number of thioether (sulfide) groups is 1. The van der Waals surface area contributed by atoms with Crippen LogP contribution in [0.15, 0.2) is 46.9 Å². The van der Waals surface area contributed by atoms with Gasteiger partial charge in [0.1, 0.15) is 10.5 Å². The molecule has 0 bridgehead atoms. The fraction of sp³-hybridized carbons (Fsp3) is 0.333. The molecule has 0 saturated carbocycles. The van der Waals surface area contributed by atoms with Crippen LogP contribution in [0.25, 0.3) is 10.3 Å². The maximum absolute atomic E-state index is 13.1. The SMILES string of the molecule is C=CCn1c(SCC(=O)Nc2ccc(F)cc2)nc2nc(N3CCCCC3)sc2c1=O. The highest BCUT2D eigenvalue weighted by molar-refractivity contribution is 7.99. The van der Waals surface area contributed by atoms with Crippen molar-refractivity contribution >= 4 is 50.2 Å². The minimum absolute atomic E-state index is 0.0512.